The van der Waals surface area contributed by atoms with Gasteiger partial charge in [-0.3, -0.25) is 0 Å². The molecule has 0 aromatic rings. The molecule has 2 heterocycles. The number of aliphatic hydroxyl groups is 6. The molecule has 2 aliphatic rings. The van der Waals surface area contributed by atoms with Gasteiger partial charge in [-0.2, -0.15) is 0 Å². The zero-order valence-electron chi connectivity index (χ0n) is 9.94. The van der Waals surface area contributed by atoms with Gasteiger partial charge in [0.15, 0.2) is 12.6 Å². The molecule has 0 aromatic carbocycles. The molecule has 0 unspecified atom stereocenters. The number of ether oxygens (including phenoxy) is 3. The summed E-state index contributed by atoms with van der Waals surface area (Å²) in [5.74, 6) is 0. The Labute approximate surface area is 108 Å². The van der Waals surface area contributed by atoms with Crippen molar-refractivity contribution in [2.75, 3.05) is 13.2 Å². The van der Waals surface area contributed by atoms with Crippen LogP contribution in [0.3, 0.4) is 0 Å². The van der Waals surface area contributed by atoms with Crippen LogP contribution < -0.4 is 0 Å². The smallest absolute Gasteiger partial charge is 0.186 e. The molecule has 0 spiro atoms. The normalized spacial score (nSPS) is 52.1. The molecule has 2 aliphatic heterocycles. The van der Waals surface area contributed by atoms with Gasteiger partial charge < -0.3 is 44.8 Å². The summed E-state index contributed by atoms with van der Waals surface area (Å²) in [6.45, 7) is -0.456. The van der Waals surface area contributed by atoms with Gasteiger partial charge in [0.05, 0.1) is 13.2 Å². The molecule has 0 amide bonds. The Kier molecular flexibility index (Phi) is 4.71. The van der Waals surface area contributed by atoms with Crippen molar-refractivity contribution >= 4 is 0 Å². The van der Waals surface area contributed by atoms with Crippen molar-refractivity contribution in [3.63, 3.8) is 0 Å². The molecule has 0 saturated carbocycles. The first kappa shape index (κ1) is 15.0. The number of rotatable bonds is 2. The van der Waals surface area contributed by atoms with Crippen LogP contribution in [-0.4, -0.2) is 93.1 Å². The first-order valence-corrected chi connectivity index (χ1v) is 5.89. The van der Waals surface area contributed by atoms with E-state index in [4.69, 9.17) is 19.3 Å². The minimum atomic E-state index is -1.55. The van der Waals surface area contributed by atoms with Crippen LogP contribution in [0.25, 0.3) is 0 Å². The van der Waals surface area contributed by atoms with E-state index in [0.29, 0.717) is 0 Å². The molecule has 8 atom stereocenters. The van der Waals surface area contributed by atoms with Gasteiger partial charge in [0.1, 0.15) is 36.6 Å². The highest BCUT2D eigenvalue weighted by molar-refractivity contribution is 4.87. The number of hydrogen-bond donors (Lipinski definition) is 6. The lowest BCUT2D eigenvalue weighted by Crippen LogP contribution is -2.59. The average molecular weight is 282 g/mol. The fourth-order valence-electron chi connectivity index (χ4n) is 1.97. The highest BCUT2D eigenvalue weighted by atomic mass is 16.7. The molecule has 0 bridgehead atoms. The molecular formula is C10H18O9. The summed E-state index contributed by atoms with van der Waals surface area (Å²) in [5.41, 5.74) is 0. The molecule has 2 rings (SSSR count). The average Bonchev–Trinajstić information content (AvgIpc) is 2.39. The lowest BCUT2D eigenvalue weighted by Gasteiger charge is -2.40. The maximum atomic E-state index is 9.68. The molecule has 112 valence electrons. The predicted octanol–water partition coefficient (Wildman–Crippen LogP) is -4.12. The molecule has 9 nitrogen and oxygen atoms in total. The Morgan fingerprint density at radius 2 is 1.42 bits per heavy atom. The van der Waals surface area contributed by atoms with Crippen LogP contribution in [0.4, 0.5) is 0 Å². The van der Waals surface area contributed by atoms with Crippen LogP contribution in [-0.2, 0) is 14.2 Å². The summed E-state index contributed by atoms with van der Waals surface area (Å²) in [7, 11) is 0. The third-order valence-corrected chi connectivity index (χ3v) is 3.22. The molecule has 0 aromatic heterocycles. The largest absolute Gasteiger partial charge is 0.388 e. The fourth-order valence-corrected chi connectivity index (χ4v) is 1.97. The maximum Gasteiger partial charge on any atom is 0.186 e. The third kappa shape index (κ3) is 3.05. The lowest BCUT2D eigenvalue weighted by molar-refractivity contribution is -0.323. The van der Waals surface area contributed by atoms with Crippen molar-refractivity contribution < 1.29 is 44.8 Å². The van der Waals surface area contributed by atoms with Crippen molar-refractivity contribution in [1.29, 1.82) is 0 Å². The van der Waals surface area contributed by atoms with E-state index in [0.717, 1.165) is 0 Å². The van der Waals surface area contributed by atoms with Crippen molar-refractivity contribution in [2.24, 2.45) is 0 Å². The first-order valence-electron chi connectivity index (χ1n) is 5.89. The van der Waals surface area contributed by atoms with E-state index < -0.39 is 49.2 Å². The molecule has 2 saturated heterocycles. The van der Waals surface area contributed by atoms with Gasteiger partial charge in [-0.25, -0.2) is 0 Å². The SMILES string of the molecule is O[C@@H]1[C@@H](O)[C@@H](O[C@@H]2CO[C@@H](O)[C@H](O)[C@H]2O)OC[C@H]1O. The topological polar surface area (TPSA) is 149 Å². The molecule has 6 N–H and O–H groups in total. The second-order valence-corrected chi connectivity index (χ2v) is 4.63. The highest BCUT2D eigenvalue weighted by Gasteiger charge is 2.44. The number of aliphatic hydroxyl groups excluding tert-OH is 6. The minimum absolute atomic E-state index is 0.218. The summed E-state index contributed by atoms with van der Waals surface area (Å²) < 4.78 is 15.0. The van der Waals surface area contributed by atoms with Crippen LogP contribution in [0, 0.1) is 0 Å². The van der Waals surface area contributed by atoms with Crippen molar-refractivity contribution in [1.82, 2.24) is 0 Å². The van der Waals surface area contributed by atoms with Gasteiger partial charge in [0.25, 0.3) is 0 Å². The van der Waals surface area contributed by atoms with Crippen molar-refractivity contribution in [3.8, 4) is 0 Å². The van der Waals surface area contributed by atoms with Crippen LogP contribution in [0.15, 0.2) is 0 Å². The van der Waals surface area contributed by atoms with E-state index in [-0.39, 0.29) is 13.2 Å². The lowest BCUT2D eigenvalue weighted by atomic mass is 10.0. The molecule has 0 aliphatic carbocycles. The van der Waals surface area contributed by atoms with Gasteiger partial charge in [0, 0.05) is 0 Å². The van der Waals surface area contributed by atoms with E-state index in [2.05, 4.69) is 0 Å². The standard InChI is InChI=1S/C10H18O9/c11-3-1-18-10(8(15)5(3)12)19-4-2-17-9(16)7(14)6(4)13/h3-16H,1-2H2/t3-,4-,5+,6+,7-,8-,9-,10-/m1/s1. The van der Waals surface area contributed by atoms with Gasteiger partial charge in [-0.05, 0) is 0 Å². The first-order chi connectivity index (χ1) is 8.91. The molecule has 0 radical (unpaired) electrons. The van der Waals surface area contributed by atoms with Crippen LogP contribution >= 0.6 is 0 Å². The second kappa shape index (κ2) is 5.95. The quantitative estimate of drug-likeness (QED) is 0.297. The van der Waals surface area contributed by atoms with Crippen LogP contribution in [0.5, 0.6) is 0 Å². The predicted molar refractivity (Wildman–Crippen MR) is 56.6 cm³/mol. The summed E-state index contributed by atoms with van der Waals surface area (Å²) in [6.07, 6.45) is -11.0. The van der Waals surface area contributed by atoms with E-state index in [9.17, 15) is 25.5 Å². The number of hydrogen-bond acceptors (Lipinski definition) is 9. The Morgan fingerprint density at radius 3 is 2.11 bits per heavy atom. The summed E-state index contributed by atoms with van der Waals surface area (Å²) in [6, 6.07) is 0. The second-order valence-electron chi connectivity index (χ2n) is 4.63. The van der Waals surface area contributed by atoms with Gasteiger partial charge in [-0.1, -0.05) is 0 Å². The Morgan fingerprint density at radius 1 is 0.737 bits per heavy atom. The fraction of sp³-hybridized carbons (Fsp3) is 1.00. The Bertz CT molecular complexity index is 273. The van der Waals surface area contributed by atoms with Crippen LogP contribution in [0.2, 0.25) is 0 Å². The van der Waals surface area contributed by atoms with E-state index in [1.807, 2.05) is 0 Å². The molecule has 2 fully saturated rings. The summed E-state index contributed by atoms with van der Waals surface area (Å²) in [5, 5.41) is 56.6. The minimum Gasteiger partial charge on any atom is -0.388 e. The zero-order chi connectivity index (χ0) is 14.2. The summed E-state index contributed by atoms with van der Waals surface area (Å²) >= 11 is 0. The molecule has 9 heteroatoms. The van der Waals surface area contributed by atoms with Crippen molar-refractivity contribution in [2.45, 2.75) is 49.2 Å². The third-order valence-electron chi connectivity index (χ3n) is 3.22. The molecule has 19 heavy (non-hydrogen) atoms. The van der Waals surface area contributed by atoms with Gasteiger partial charge in [0.2, 0.25) is 0 Å². The van der Waals surface area contributed by atoms with Crippen molar-refractivity contribution in [3.05, 3.63) is 0 Å². The van der Waals surface area contributed by atoms with E-state index in [1.165, 1.54) is 0 Å². The van der Waals surface area contributed by atoms with E-state index >= 15 is 0 Å². The maximum absolute atomic E-state index is 9.68. The Hall–Kier alpha value is -0.360. The Balaban J connectivity index is 1.94. The van der Waals surface area contributed by atoms with Gasteiger partial charge >= 0.3 is 0 Å². The monoisotopic (exact) mass is 282 g/mol. The molecular weight excluding hydrogens is 264 g/mol. The van der Waals surface area contributed by atoms with E-state index in [1.54, 1.807) is 0 Å². The zero-order valence-corrected chi connectivity index (χ0v) is 9.94. The summed E-state index contributed by atoms with van der Waals surface area (Å²) in [4.78, 5) is 0. The van der Waals surface area contributed by atoms with Crippen LogP contribution in [0.1, 0.15) is 0 Å². The van der Waals surface area contributed by atoms with Gasteiger partial charge in [-0.15, -0.1) is 0 Å². The highest BCUT2D eigenvalue weighted by Crippen LogP contribution is 2.22.